The molecule has 3 N–H and O–H groups in total. The van der Waals surface area contributed by atoms with Gasteiger partial charge in [-0.1, -0.05) is 17.7 Å². The molecule has 6 nitrogen and oxygen atoms in total. The summed E-state index contributed by atoms with van der Waals surface area (Å²) in [5.74, 6) is -1.75. The number of rotatable bonds is 2. The van der Waals surface area contributed by atoms with Crippen LogP contribution in [0.3, 0.4) is 0 Å². The fraction of sp³-hybridized carbons (Fsp3) is 0. The number of hydrogen-bond donors (Lipinski definition) is 3. The summed E-state index contributed by atoms with van der Waals surface area (Å²) in [7, 11) is -2.42. The molecule has 0 spiro atoms. The van der Waals surface area contributed by atoms with Crippen molar-refractivity contribution >= 4 is 24.9 Å². The third kappa shape index (κ3) is 7.23. The minimum atomic E-state index is -2.42. The topological polar surface area (TPSA) is 110 Å². The van der Waals surface area contributed by atoms with Crippen LogP contribution in [0.5, 0.6) is 5.75 Å². The van der Waals surface area contributed by atoms with Gasteiger partial charge in [-0.15, -0.1) is 0 Å². The van der Waals surface area contributed by atoms with Gasteiger partial charge in [0.25, 0.3) is 0 Å². The number of para-hydroxylation sites is 1. The van der Waals surface area contributed by atoms with E-state index in [1.165, 1.54) is 18.2 Å². The maximum absolute atomic E-state index is 11.8. The zero-order valence-corrected chi connectivity index (χ0v) is 9.39. The third-order valence-corrected chi connectivity index (χ3v) is 1.57. The summed E-state index contributed by atoms with van der Waals surface area (Å²) < 4.78 is 11.8. The minimum absolute atomic E-state index is 0. The SMILES string of the molecule is O=C(O)c1cccc(Cl)c1OF.[Li+].[O-]B(O)O. The van der Waals surface area contributed by atoms with Crippen molar-refractivity contribution in [1.29, 1.82) is 0 Å². The van der Waals surface area contributed by atoms with Gasteiger partial charge < -0.3 is 20.2 Å². The first-order chi connectivity index (χ1) is 7.40. The molecule has 10 heteroatoms. The second-order valence-corrected chi connectivity index (χ2v) is 2.73. The van der Waals surface area contributed by atoms with Gasteiger partial charge in [0.1, 0.15) is 5.56 Å². The van der Waals surface area contributed by atoms with Crippen LogP contribution >= 0.6 is 11.6 Å². The molecule has 1 aromatic carbocycles. The molecule has 1 rings (SSSR count). The van der Waals surface area contributed by atoms with E-state index in [-0.39, 0.29) is 29.4 Å². The number of benzene rings is 1. The Morgan fingerprint density at radius 1 is 1.47 bits per heavy atom. The molecule has 0 unspecified atom stereocenters. The van der Waals surface area contributed by atoms with E-state index < -0.39 is 19.0 Å². The molecule has 17 heavy (non-hydrogen) atoms. The fourth-order valence-electron chi connectivity index (χ4n) is 0.756. The Labute approximate surface area is 113 Å². The predicted molar refractivity (Wildman–Crippen MR) is 50.3 cm³/mol. The first-order valence-corrected chi connectivity index (χ1v) is 4.10. The molecular formula is C7H6BClFLiO6. The van der Waals surface area contributed by atoms with Gasteiger partial charge in [0.2, 0.25) is 5.75 Å². The molecule has 0 aliphatic heterocycles. The Hall–Kier alpha value is -0.748. The quantitative estimate of drug-likeness (QED) is 0.477. The van der Waals surface area contributed by atoms with Crippen LogP contribution in [-0.4, -0.2) is 28.4 Å². The van der Waals surface area contributed by atoms with Crippen LogP contribution < -0.4 is 28.8 Å². The number of hydrogen-bond acceptors (Lipinski definition) is 5. The molecule has 0 heterocycles. The summed E-state index contributed by atoms with van der Waals surface area (Å²) in [5.41, 5.74) is -0.301. The molecule has 88 valence electrons. The second-order valence-electron chi connectivity index (χ2n) is 2.33. The average Bonchev–Trinajstić information content (AvgIpc) is 2.16. The smallest absolute Gasteiger partial charge is 0.832 e. The average molecular weight is 258 g/mol. The molecule has 0 aliphatic carbocycles. The monoisotopic (exact) mass is 258 g/mol. The van der Waals surface area contributed by atoms with Crippen molar-refractivity contribution in [3.8, 4) is 5.75 Å². The molecule has 0 bridgehead atoms. The van der Waals surface area contributed by atoms with E-state index >= 15 is 0 Å². The molecule has 0 fully saturated rings. The predicted octanol–water partition coefficient (Wildman–Crippen LogP) is -3.38. The van der Waals surface area contributed by atoms with Crippen molar-refractivity contribution in [2.75, 3.05) is 0 Å². The van der Waals surface area contributed by atoms with E-state index in [1.54, 1.807) is 0 Å². The fourth-order valence-corrected chi connectivity index (χ4v) is 0.959. The van der Waals surface area contributed by atoms with Crippen LogP contribution in [0.4, 0.5) is 4.53 Å². The van der Waals surface area contributed by atoms with Crippen LogP contribution in [0.2, 0.25) is 5.02 Å². The van der Waals surface area contributed by atoms with Gasteiger partial charge in [0.15, 0.2) is 0 Å². The third-order valence-electron chi connectivity index (χ3n) is 1.27. The van der Waals surface area contributed by atoms with Gasteiger partial charge >= 0.3 is 32.2 Å². The van der Waals surface area contributed by atoms with Crippen molar-refractivity contribution < 1.29 is 53.3 Å². The zero-order chi connectivity index (χ0) is 12.7. The number of carbonyl (C=O) groups is 1. The molecular weight excluding hydrogens is 252 g/mol. The first-order valence-electron chi connectivity index (χ1n) is 3.72. The van der Waals surface area contributed by atoms with Crippen molar-refractivity contribution in [2.45, 2.75) is 0 Å². The molecule has 0 atom stereocenters. The Balaban J connectivity index is 0. The summed E-state index contributed by atoms with van der Waals surface area (Å²) in [5, 5.41) is 31.2. The van der Waals surface area contributed by atoms with E-state index in [0.717, 1.165) is 0 Å². The van der Waals surface area contributed by atoms with Crippen LogP contribution in [-0.2, 0) is 0 Å². The van der Waals surface area contributed by atoms with E-state index in [2.05, 4.69) is 4.94 Å². The minimum Gasteiger partial charge on any atom is -0.832 e. The van der Waals surface area contributed by atoms with E-state index in [9.17, 15) is 9.32 Å². The molecule has 0 saturated carbocycles. The Bertz CT molecular complexity index is 363. The largest absolute Gasteiger partial charge is 1.00 e. The number of carboxylic acids is 1. The van der Waals surface area contributed by atoms with Gasteiger partial charge in [-0.2, -0.15) is 0 Å². The molecule has 0 radical (unpaired) electrons. The summed E-state index contributed by atoms with van der Waals surface area (Å²) >= 11 is 5.45. The summed E-state index contributed by atoms with van der Waals surface area (Å²) in [6.07, 6.45) is 0. The molecule has 1 aromatic rings. The Kier molecular flexibility index (Phi) is 10.2. The van der Waals surface area contributed by atoms with Gasteiger partial charge in [0.05, 0.1) is 5.02 Å². The summed E-state index contributed by atoms with van der Waals surface area (Å²) in [4.78, 5) is 13.8. The van der Waals surface area contributed by atoms with Gasteiger partial charge in [-0.05, 0) is 12.1 Å². The van der Waals surface area contributed by atoms with Crippen molar-refractivity contribution in [2.24, 2.45) is 0 Å². The van der Waals surface area contributed by atoms with Crippen molar-refractivity contribution in [1.82, 2.24) is 0 Å². The van der Waals surface area contributed by atoms with E-state index in [1.807, 2.05) is 0 Å². The van der Waals surface area contributed by atoms with Gasteiger partial charge in [0, 0.05) is 4.53 Å². The second kappa shape index (κ2) is 9.30. The van der Waals surface area contributed by atoms with Crippen LogP contribution in [0.15, 0.2) is 18.2 Å². The molecule has 0 aromatic heterocycles. The molecule has 0 saturated heterocycles. The number of carboxylic acid groups (broad SMARTS) is 1. The van der Waals surface area contributed by atoms with E-state index in [0.29, 0.717) is 0 Å². The maximum atomic E-state index is 11.8. The molecule has 0 amide bonds. The van der Waals surface area contributed by atoms with E-state index in [4.69, 9.17) is 31.8 Å². The first kappa shape index (κ1) is 18.6. The van der Waals surface area contributed by atoms with Crippen molar-refractivity contribution in [3.05, 3.63) is 28.8 Å². The van der Waals surface area contributed by atoms with Crippen LogP contribution in [0.25, 0.3) is 0 Å². The van der Waals surface area contributed by atoms with Gasteiger partial charge in [-0.3, -0.25) is 4.94 Å². The van der Waals surface area contributed by atoms with Crippen molar-refractivity contribution in [3.63, 3.8) is 0 Å². The Morgan fingerprint density at radius 3 is 2.24 bits per heavy atom. The standard InChI is InChI=1S/C7H4ClFO3.BH2O3.Li/c8-5-3-1-2-4(7(10)11)6(5)12-9;2-1(3)4;/h1-3H,(H,10,11);2-3H;/q;-1;+1. The zero-order valence-electron chi connectivity index (χ0n) is 8.63. The summed E-state index contributed by atoms with van der Waals surface area (Å²) in [6.45, 7) is 0. The Morgan fingerprint density at radius 2 is 1.94 bits per heavy atom. The number of aromatic carboxylic acids is 1. The normalized spacial score (nSPS) is 8.29. The number of halogens is 2. The maximum Gasteiger partial charge on any atom is 1.00 e. The van der Waals surface area contributed by atoms with Crippen LogP contribution in [0, 0.1) is 0 Å². The van der Waals surface area contributed by atoms with Crippen LogP contribution in [0.1, 0.15) is 10.4 Å². The molecule has 0 aliphatic rings. The van der Waals surface area contributed by atoms with Gasteiger partial charge in [-0.25, -0.2) is 4.79 Å². The summed E-state index contributed by atoms with van der Waals surface area (Å²) in [6, 6.07) is 3.93.